The van der Waals surface area contributed by atoms with E-state index in [4.69, 9.17) is 9.94 Å². The fraction of sp³-hybridized carbons (Fsp3) is 0.167. The maximum atomic E-state index is 11.8. The Labute approximate surface area is 131 Å². The highest BCUT2D eigenvalue weighted by Crippen LogP contribution is 2.28. The smallest absolute Gasteiger partial charge is 0.362 e. The van der Waals surface area contributed by atoms with Crippen molar-refractivity contribution >= 4 is 34.4 Å². The molecular weight excluding hydrogens is 395 g/mol. The van der Waals surface area contributed by atoms with E-state index in [-0.39, 0.29) is 13.2 Å². The maximum Gasteiger partial charge on any atom is 0.362 e. The first-order chi connectivity index (χ1) is 9.63. The van der Waals surface area contributed by atoms with Gasteiger partial charge in [0.05, 0.1) is 6.61 Å². The lowest BCUT2D eigenvalue weighted by Gasteiger charge is -2.13. The molecule has 0 aliphatic heterocycles. The molecule has 0 atom stereocenters. The van der Waals surface area contributed by atoms with E-state index >= 15 is 0 Å². The van der Waals surface area contributed by atoms with Crippen LogP contribution in [-0.2, 0) is 0 Å². The summed E-state index contributed by atoms with van der Waals surface area (Å²) in [7, 11) is 0. The zero-order valence-electron chi connectivity index (χ0n) is 10.2. The Kier molecular flexibility index (Phi) is 5.26. The van der Waals surface area contributed by atoms with Crippen LogP contribution in [0.25, 0.3) is 0 Å². The molecule has 2 N–H and O–H groups in total. The van der Waals surface area contributed by atoms with Gasteiger partial charge in [0.25, 0.3) is 5.56 Å². The van der Waals surface area contributed by atoms with Crippen LogP contribution in [0.1, 0.15) is 0 Å². The Hall–Kier alpha value is -1.26. The molecule has 0 aliphatic carbocycles. The van der Waals surface area contributed by atoms with Crippen LogP contribution < -0.4 is 16.1 Å². The Morgan fingerprint density at radius 1 is 1.30 bits per heavy atom. The van der Waals surface area contributed by atoms with Gasteiger partial charge in [-0.2, -0.15) is 0 Å². The van der Waals surface area contributed by atoms with E-state index in [0.717, 1.165) is 9.63 Å². The minimum atomic E-state index is -0.665. The summed E-state index contributed by atoms with van der Waals surface area (Å²) in [5.74, 6) is 0. The average molecular weight is 406 g/mol. The third-order valence-corrected chi connectivity index (χ3v) is 4.68. The Bertz CT molecular complexity index is 699. The van der Waals surface area contributed by atoms with Gasteiger partial charge in [-0.3, -0.25) is 9.78 Å². The van der Waals surface area contributed by atoms with Crippen molar-refractivity contribution in [3.8, 4) is 0 Å². The summed E-state index contributed by atoms with van der Waals surface area (Å²) in [4.78, 5) is 31.7. The number of hydrogen-bond acceptors (Lipinski definition) is 5. The highest BCUT2D eigenvalue weighted by molar-refractivity contribution is 14.1. The van der Waals surface area contributed by atoms with Crippen molar-refractivity contribution in [3.63, 3.8) is 0 Å². The fourth-order valence-corrected chi connectivity index (χ4v) is 3.02. The monoisotopic (exact) mass is 406 g/mol. The number of rotatable bonds is 5. The van der Waals surface area contributed by atoms with E-state index in [2.05, 4.69) is 4.98 Å². The molecule has 0 amide bonds. The molecule has 1 aromatic heterocycles. The van der Waals surface area contributed by atoms with Crippen molar-refractivity contribution < 1.29 is 9.94 Å². The third-order valence-electron chi connectivity index (χ3n) is 2.25. The van der Waals surface area contributed by atoms with E-state index in [1.165, 1.54) is 11.8 Å². The number of aliphatic hydroxyl groups is 1. The molecule has 8 heteroatoms. The van der Waals surface area contributed by atoms with Gasteiger partial charge >= 0.3 is 5.69 Å². The number of halogens is 1. The minimum Gasteiger partial charge on any atom is -0.406 e. The van der Waals surface area contributed by atoms with Gasteiger partial charge in [0.1, 0.15) is 15.2 Å². The van der Waals surface area contributed by atoms with E-state index < -0.39 is 11.2 Å². The lowest BCUT2D eigenvalue weighted by molar-refractivity contribution is 0.0511. The SMILES string of the molecule is O=c1[nH]c(=O)n(OCCO)c(Sc2ccccc2)c1I. The molecular formula is C12H11IN2O4S. The van der Waals surface area contributed by atoms with Crippen LogP contribution in [0, 0.1) is 3.57 Å². The number of hydrogen-bond donors (Lipinski definition) is 2. The summed E-state index contributed by atoms with van der Waals surface area (Å²) >= 11 is 3.11. The van der Waals surface area contributed by atoms with Crippen molar-refractivity contribution in [3.05, 3.63) is 54.7 Å². The molecule has 0 bridgehead atoms. The number of aliphatic hydroxyl groups excluding tert-OH is 1. The van der Waals surface area contributed by atoms with Crippen LogP contribution in [0.15, 0.2) is 49.8 Å². The molecule has 6 nitrogen and oxygen atoms in total. The van der Waals surface area contributed by atoms with E-state index in [9.17, 15) is 9.59 Å². The molecule has 20 heavy (non-hydrogen) atoms. The summed E-state index contributed by atoms with van der Waals surface area (Å²) in [6.07, 6.45) is 0. The Balaban J connectivity index is 2.48. The van der Waals surface area contributed by atoms with Gasteiger partial charge < -0.3 is 9.94 Å². The topological polar surface area (TPSA) is 84.3 Å². The molecule has 0 saturated heterocycles. The maximum absolute atomic E-state index is 11.8. The molecule has 1 heterocycles. The molecule has 106 valence electrons. The van der Waals surface area contributed by atoms with Crippen molar-refractivity contribution in [1.82, 2.24) is 9.71 Å². The van der Waals surface area contributed by atoms with Crippen LogP contribution in [0.2, 0.25) is 0 Å². The molecule has 0 radical (unpaired) electrons. The van der Waals surface area contributed by atoms with Gasteiger partial charge in [0.15, 0.2) is 0 Å². The van der Waals surface area contributed by atoms with Crippen molar-refractivity contribution in [1.29, 1.82) is 0 Å². The van der Waals surface area contributed by atoms with Gasteiger partial charge in [-0.05, 0) is 34.7 Å². The lowest BCUT2D eigenvalue weighted by Crippen LogP contribution is -2.37. The zero-order chi connectivity index (χ0) is 14.5. The average Bonchev–Trinajstić information content (AvgIpc) is 2.45. The summed E-state index contributed by atoms with van der Waals surface area (Å²) < 4.78 is 1.35. The van der Waals surface area contributed by atoms with Gasteiger partial charge in [0, 0.05) is 4.90 Å². The fourth-order valence-electron chi connectivity index (χ4n) is 1.42. The summed E-state index contributed by atoms with van der Waals surface area (Å²) in [5, 5.41) is 9.19. The van der Waals surface area contributed by atoms with Gasteiger partial charge in [-0.25, -0.2) is 4.79 Å². The standard InChI is InChI=1S/C12H11IN2O4S/c13-9-10(17)14-12(18)15(19-7-6-16)11(9)20-8-4-2-1-3-5-8/h1-5,16H,6-7H2,(H,14,17,18). The second-order valence-electron chi connectivity index (χ2n) is 3.64. The largest absolute Gasteiger partial charge is 0.406 e. The Morgan fingerprint density at radius 2 is 2.00 bits per heavy atom. The molecule has 2 rings (SSSR count). The predicted octanol–water partition coefficient (Wildman–Crippen LogP) is 0.713. The van der Waals surface area contributed by atoms with Crippen LogP contribution in [0.4, 0.5) is 0 Å². The number of aromatic amines is 1. The van der Waals surface area contributed by atoms with Gasteiger partial charge in [-0.15, -0.1) is 4.73 Å². The van der Waals surface area contributed by atoms with Crippen molar-refractivity contribution in [2.45, 2.75) is 9.92 Å². The number of aromatic nitrogens is 2. The zero-order valence-corrected chi connectivity index (χ0v) is 13.2. The van der Waals surface area contributed by atoms with Crippen LogP contribution in [0.5, 0.6) is 0 Å². The molecule has 1 aromatic carbocycles. The predicted molar refractivity (Wildman–Crippen MR) is 83.1 cm³/mol. The van der Waals surface area contributed by atoms with Crippen molar-refractivity contribution in [2.75, 3.05) is 13.2 Å². The van der Waals surface area contributed by atoms with E-state index in [1.54, 1.807) is 0 Å². The molecule has 0 spiro atoms. The van der Waals surface area contributed by atoms with E-state index in [0.29, 0.717) is 8.60 Å². The first kappa shape index (κ1) is 15.1. The lowest BCUT2D eigenvalue weighted by atomic mass is 10.4. The number of H-pyrrole nitrogens is 1. The van der Waals surface area contributed by atoms with E-state index in [1.807, 2.05) is 52.9 Å². The summed E-state index contributed by atoms with van der Waals surface area (Å²) in [6, 6.07) is 9.33. The summed E-state index contributed by atoms with van der Waals surface area (Å²) in [6.45, 7) is -0.262. The quantitative estimate of drug-likeness (QED) is 0.565. The van der Waals surface area contributed by atoms with Crippen LogP contribution in [0.3, 0.4) is 0 Å². The third kappa shape index (κ3) is 3.44. The second-order valence-corrected chi connectivity index (χ2v) is 5.79. The molecule has 0 saturated carbocycles. The van der Waals surface area contributed by atoms with Crippen LogP contribution >= 0.6 is 34.4 Å². The molecule has 0 aliphatic rings. The highest BCUT2D eigenvalue weighted by Gasteiger charge is 2.15. The molecule has 0 unspecified atom stereocenters. The molecule has 2 aromatic rings. The van der Waals surface area contributed by atoms with Crippen LogP contribution in [-0.4, -0.2) is 28.0 Å². The van der Waals surface area contributed by atoms with Gasteiger partial charge in [0.2, 0.25) is 0 Å². The number of nitrogens with zero attached hydrogens (tertiary/aromatic N) is 1. The summed E-state index contributed by atoms with van der Waals surface area (Å²) in [5.41, 5.74) is -1.12. The normalized spacial score (nSPS) is 10.5. The first-order valence-corrected chi connectivity index (χ1v) is 7.55. The van der Waals surface area contributed by atoms with Crippen molar-refractivity contribution in [2.24, 2.45) is 0 Å². The van der Waals surface area contributed by atoms with Gasteiger partial charge in [-0.1, -0.05) is 30.0 Å². The first-order valence-electron chi connectivity index (χ1n) is 5.65. The number of benzene rings is 1. The Morgan fingerprint density at radius 3 is 2.65 bits per heavy atom. The highest BCUT2D eigenvalue weighted by atomic mass is 127. The second kappa shape index (κ2) is 6.95. The molecule has 0 fully saturated rings. The minimum absolute atomic E-state index is 0.0373. The number of nitrogens with one attached hydrogen (secondary N) is 1.